The first-order valence-corrected chi connectivity index (χ1v) is 10.7. The topological polar surface area (TPSA) is 58.6 Å². The fourth-order valence-corrected chi connectivity index (χ4v) is 6.07. The Bertz CT molecular complexity index is 813. The molecule has 138 valence electrons. The second-order valence-corrected chi connectivity index (χ2v) is 8.79. The van der Waals surface area contributed by atoms with Gasteiger partial charge in [0.15, 0.2) is 0 Å². The van der Waals surface area contributed by atoms with Crippen molar-refractivity contribution in [1.29, 1.82) is 0 Å². The van der Waals surface area contributed by atoms with Crippen molar-refractivity contribution >= 4 is 39.7 Å². The lowest BCUT2D eigenvalue weighted by molar-refractivity contribution is 0.0601. The van der Waals surface area contributed by atoms with E-state index in [4.69, 9.17) is 4.74 Å². The Morgan fingerprint density at radius 3 is 2.88 bits per heavy atom. The molecule has 1 atom stereocenters. The van der Waals surface area contributed by atoms with Crippen molar-refractivity contribution in [2.24, 2.45) is 0 Å². The number of likely N-dealkylation sites (tertiary alicyclic amines) is 1. The first kappa shape index (κ1) is 17.5. The van der Waals surface area contributed by atoms with Crippen LogP contribution in [0.25, 0.3) is 0 Å². The van der Waals surface area contributed by atoms with Gasteiger partial charge in [-0.15, -0.1) is 22.7 Å². The summed E-state index contributed by atoms with van der Waals surface area (Å²) in [5.74, 6) is -0.351. The normalized spacial score (nSPS) is 19.3. The molecule has 1 fully saturated rings. The summed E-state index contributed by atoms with van der Waals surface area (Å²) in [4.78, 5) is 29.6. The number of hydrogen-bond donors (Lipinski definition) is 1. The van der Waals surface area contributed by atoms with Crippen LogP contribution in [0.2, 0.25) is 0 Å². The van der Waals surface area contributed by atoms with E-state index >= 15 is 0 Å². The highest BCUT2D eigenvalue weighted by molar-refractivity contribution is 7.17. The van der Waals surface area contributed by atoms with Crippen LogP contribution in [0.5, 0.6) is 0 Å². The van der Waals surface area contributed by atoms with Gasteiger partial charge in [0.1, 0.15) is 5.00 Å². The van der Waals surface area contributed by atoms with E-state index in [1.807, 2.05) is 16.3 Å². The quantitative estimate of drug-likeness (QED) is 0.763. The molecule has 0 saturated carbocycles. The molecule has 1 aliphatic carbocycles. The summed E-state index contributed by atoms with van der Waals surface area (Å²) < 4.78 is 4.99. The van der Waals surface area contributed by atoms with E-state index in [0.29, 0.717) is 10.6 Å². The Kier molecular flexibility index (Phi) is 5.00. The highest BCUT2D eigenvalue weighted by Gasteiger charge is 2.33. The first-order valence-electron chi connectivity index (χ1n) is 9.03. The van der Waals surface area contributed by atoms with Crippen LogP contribution in [0.3, 0.4) is 0 Å². The Morgan fingerprint density at radius 1 is 1.27 bits per heavy atom. The molecule has 2 amide bonds. The van der Waals surface area contributed by atoms with E-state index < -0.39 is 0 Å². The zero-order valence-electron chi connectivity index (χ0n) is 14.7. The number of carbonyl (C=O) groups excluding carboxylic acids is 2. The van der Waals surface area contributed by atoms with Gasteiger partial charge in [0.2, 0.25) is 0 Å². The average Bonchev–Trinajstić information content (AvgIpc) is 3.38. The molecule has 0 unspecified atom stereocenters. The highest BCUT2D eigenvalue weighted by atomic mass is 32.1. The monoisotopic (exact) mass is 390 g/mol. The van der Waals surface area contributed by atoms with Crippen LogP contribution in [0.4, 0.5) is 9.80 Å². The molecule has 4 rings (SSSR count). The highest BCUT2D eigenvalue weighted by Crippen LogP contribution is 2.40. The van der Waals surface area contributed by atoms with Gasteiger partial charge in [-0.05, 0) is 55.5 Å². The summed E-state index contributed by atoms with van der Waals surface area (Å²) in [7, 11) is 1.40. The van der Waals surface area contributed by atoms with E-state index in [0.717, 1.165) is 50.6 Å². The summed E-state index contributed by atoms with van der Waals surface area (Å²) in [6.45, 7) is 0.743. The second-order valence-electron chi connectivity index (χ2n) is 6.70. The molecule has 2 aliphatic rings. The zero-order valence-corrected chi connectivity index (χ0v) is 16.4. The van der Waals surface area contributed by atoms with Crippen LogP contribution in [-0.4, -0.2) is 30.6 Å². The summed E-state index contributed by atoms with van der Waals surface area (Å²) in [5, 5.41) is 5.72. The number of nitrogens with zero attached hydrogens (tertiary/aromatic N) is 1. The lowest BCUT2D eigenvalue weighted by Crippen LogP contribution is -2.34. The molecular formula is C19H22N2O3S2. The maximum Gasteiger partial charge on any atom is 0.341 e. The Hall–Kier alpha value is -1.86. The van der Waals surface area contributed by atoms with Crippen molar-refractivity contribution in [1.82, 2.24) is 4.90 Å². The van der Waals surface area contributed by atoms with Crippen molar-refractivity contribution in [3.05, 3.63) is 38.4 Å². The number of thiophene rings is 2. The number of esters is 1. The number of carbonyl (C=O) groups is 2. The fourth-order valence-electron chi connectivity index (χ4n) is 3.93. The third kappa shape index (κ3) is 3.14. The third-order valence-electron chi connectivity index (χ3n) is 5.17. The molecule has 1 saturated heterocycles. The van der Waals surface area contributed by atoms with E-state index in [1.54, 1.807) is 11.3 Å². The van der Waals surface area contributed by atoms with Gasteiger partial charge in [-0.1, -0.05) is 6.07 Å². The minimum absolute atomic E-state index is 0.121. The Labute approximate surface area is 161 Å². The SMILES string of the molecule is COC(=O)c1c(NC(=O)N2CCC[C@@H]2c2cccs2)sc2c1CCCC2. The molecule has 0 bridgehead atoms. The lowest BCUT2D eigenvalue weighted by Gasteiger charge is -2.24. The van der Waals surface area contributed by atoms with Gasteiger partial charge in [-0.3, -0.25) is 5.32 Å². The largest absolute Gasteiger partial charge is 0.465 e. The first-order chi connectivity index (χ1) is 12.7. The lowest BCUT2D eigenvalue weighted by atomic mass is 9.95. The smallest absolute Gasteiger partial charge is 0.341 e. The number of urea groups is 1. The minimum Gasteiger partial charge on any atom is -0.465 e. The molecule has 2 aromatic heterocycles. The summed E-state index contributed by atoms with van der Waals surface area (Å²) in [5.41, 5.74) is 1.63. The van der Waals surface area contributed by atoms with Crippen LogP contribution >= 0.6 is 22.7 Å². The van der Waals surface area contributed by atoms with Crippen LogP contribution in [0, 0.1) is 0 Å². The molecule has 1 aliphatic heterocycles. The van der Waals surface area contributed by atoms with E-state index in [2.05, 4.69) is 11.4 Å². The molecule has 0 spiro atoms. The van der Waals surface area contributed by atoms with Gasteiger partial charge in [0, 0.05) is 16.3 Å². The Morgan fingerprint density at radius 2 is 2.12 bits per heavy atom. The van der Waals surface area contributed by atoms with Gasteiger partial charge >= 0.3 is 12.0 Å². The fraction of sp³-hybridized carbons (Fsp3) is 0.474. The summed E-state index contributed by atoms with van der Waals surface area (Å²) in [6, 6.07) is 4.12. The van der Waals surface area contributed by atoms with Crippen molar-refractivity contribution in [3.63, 3.8) is 0 Å². The molecule has 7 heteroatoms. The van der Waals surface area contributed by atoms with Crippen molar-refractivity contribution in [3.8, 4) is 0 Å². The zero-order chi connectivity index (χ0) is 18.1. The number of fused-ring (bicyclic) bond motifs is 1. The van der Waals surface area contributed by atoms with Gasteiger partial charge < -0.3 is 9.64 Å². The van der Waals surface area contributed by atoms with Crippen LogP contribution < -0.4 is 5.32 Å². The molecule has 0 aromatic carbocycles. The number of methoxy groups -OCH3 is 1. The standard InChI is InChI=1S/C19H22N2O3S2/c1-24-18(22)16-12-6-2-3-8-14(12)26-17(16)20-19(23)21-10-4-7-13(21)15-9-5-11-25-15/h5,9,11,13H,2-4,6-8,10H2,1H3,(H,20,23)/t13-/m1/s1. The van der Waals surface area contributed by atoms with Crippen LogP contribution in [0.15, 0.2) is 17.5 Å². The second kappa shape index (κ2) is 7.40. The van der Waals surface area contributed by atoms with Gasteiger partial charge in [-0.2, -0.15) is 0 Å². The number of ether oxygens (including phenoxy) is 1. The number of aryl methyl sites for hydroxylation is 1. The van der Waals surface area contributed by atoms with E-state index in [9.17, 15) is 9.59 Å². The number of amides is 2. The van der Waals surface area contributed by atoms with Gasteiger partial charge in [0.05, 0.1) is 18.7 Å². The number of anilines is 1. The summed E-state index contributed by atoms with van der Waals surface area (Å²) in [6.07, 6.45) is 6.05. The van der Waals surface area contributed by atoms with Crippen molar-refractivity contribution < 1.29 is 14.3 Å². The minimum atomic E-state index is -0.351. The third-order valence-corrected chi connectivity index (χ3v) is 7.35. The predicted molar refractivity (Wildman–Crippen MR) is 104 cm³/mol. The van der Waals surface area contributed by atoms with Gasteiger partial charge in [0.25, 0.3) is 0 Å². The van der Waals surface area contributed by atoms with Crippen molar-refractivity contribution in [2.45, 2.75) is 44.6 Å². The molecule has 3 heterocycles. The molecule has 5 nitrogen and oxygen atoms in total. The van der Waals surface area contributed by atoms with Crippen LogP contribution in [0.1, 0.15) is 57.4 Å². The van der Waals surface area contributed by atoms with Crippen molar-refractivity contribution in [2.75, 3.05) is 19.0 Å². The summed E-state index contributed by atoms with van der Waals surface area (Å²) >= 11 is 3.22. The Balaban J connectivity index is 1.59. The molecule has 1 N–H and O–H groups in total. The molecule has 2 aromatic rings. The molecule has 0 radical (unpaired) electrons. The number of nitrogens with one attached hydrogen (secondary N) is 1. The average molecular weight is 391 g/mol. The predicted octanol–water partition coefficient (Wildman–Crippen LogP) is 4.84. The number of hydrogen-bond acceptors (Lipinski definition) is 5. The maximum atomic E-state index is 13.0. The number of rotatable bonds is 3. The van der Waals surface area contributed by atoms with Crippen LogP contribution in [-0.2, 0) is 17.6 Å². The molecular weight excluding hydrogens is 368 g/mol. The maximum absolute atomic E-state index is 13.0. The van der Waals surface area contributed by atoms with Gasteiger partial charge in [-0.25, -0.2) is 9.59 Å². The molecule has 26 heavy (non-hydrogen) atoms. The van der Waals surface area contributed by atoms with E-state index in [-0.39, 0.29) is 18.0 Å². The van der Waals surface area contributed by atoms with E-state index in [1.165, 1.54) is 28.2 Å².